The summed E-state index contributed by atoms with van der Waals surface area (Å²) in [5, 5.41) is 7.65. The van der Waals surface area contributed by atoms with E-state index in [0.29, 0.717) is 27.6 Å². The Labute approximate surface area is 214 Å². The molecule has 1 aromatic heterocycles. The van der Waals surface area contributed by atoms with Gasteiger partial charge in [-0.25, -0.2) is 9.97 Å². The van der Waals surface area contributed by atoms with Crippen molar-refractivity contribution in [1.29, 1.82) is 0 Å². The van der Waals surface area contributed by atoms with E-state index in [1.165, 1.54) is 5.69 Å². The van der Waals surface area contributed by atoms with Crippen molar-refractivity contribution >= 4 is 63.8 Å². The molecule has 7 nitrogen and oxygen atoms in total. The average Bonchev–Trinajstić information content (AvgIpc) is 2.80. The molecule has 0 aliphatic carbocycles. The normalized spacial score (nSPS) is 14.2. The summed E-state index contributed by atoms with van der Waals surface area (Å²) in [5.74, 6) is 1.06. The van der Waals surface area contributed by atoms with Crippen LogP contribution in [0.15, 0.2) is 59.6 Å². The molecule has 10 heteroatoms. The number of nitrogens with zero attached hydrogens (tertiary/aromatic N) is 5. The van der Waals surface area contributed by atoms with Gasteiger partial charge in [0.25, 0.3) is 0 Å². The number of halogens is 2. The van der Waals surface area contributed by atoms with Crippen LogP contribution in [0, 0.1) is 13.8 Å². The lowest BCUT2D eigenvalue weighted by molar-refractivity contribution is 0.385. The molecule has 2 N–H and O–H groups in total. The second-order valence-electron chi connectivity index (χ2n) is 7.90. The van der Waals surface area contributed by atoms with Gasteiger partial charge in [0.1, 0.15) is 0 Å². The fraction of sp³-hybridized carbons (Fsp3) is 0.250. The molecule has 0 atom stereocenters. The van der Waals surface area contributed by atoms with E-state index < -0.39 is 0 Å². The topological polar surface area (TPSA) is 68.7 Å². The van der Waals surface area contributed by atoms with Gasteiger partial charge in [0, 0.05) is 48.3 Å². The first-order valence-electron chi connectivity index (χ1n) is 10.9. The van der Waals surface area contributed by atoms with Crippen LogP contribution in [0.5, 0.6) is 0 Å². The minimum Gasteiger partial charge on any atom is -0.368 e. The van der Waals surface area contributed by atoms with Crippen LogP contribution in [0.4, 0.5) is 17.3 Å². The van der Waals surface area contributed by atoms with Gasteiger partial charge in [-0.3, -0.25) is 5.32 Å². The fourth-order valence-electron chi connectivity index (χ4n) is 3.71. The molecule has 3 aromatic rings. The molecule has 0 amide bonds. The Balaban J connectivity index is 1.54. The highest BCUT2D eigenvalue weighted by atomic mass is 35.5. The van der Waals surface area contributed by atoms with Crippen LogP contribution in [0.1, 0.15) is 11.4 Å². The monoisotopic (exact) mass is 513 g/mol. The van der Waals surface area contributed by atoms with Crippen molar-refractivity contribution < 1.29 is 0 Å². The summed E-state index contributed by atoms with van der Waals surface area (Å²) in [6.07, 6.45) is 0. The number of rotatable bonds is 3. The minimum absolute atomic E-state index is 0.265. The van der Waals surface area contributed by atoms with Crippen molar-refractivity contribution in [3.05, 3.63) is 76.0 Å². The highest BCUT2D eigenvalue weighted by molar-refractivity contribution is 7.80. The molecule has 2 heterocycles. The molecule has 1 fully saturated rings. The molecule has 1 aliphatic heterocycles. The third-order valence-corrected chi connectivity index (χ3v) is 6.03. The molecule has 0 unspecified atom stereocenters. The van der Waals surface area contributed by atoms with E-state index in [2.05, 4.69) is 59.7 Å². The van der Waals surface area contributed by atoms with Crippen molar-refractivity contribution in [2.75, 3.05) is 41.7 Å². The van der Waals surface area contributed by atoms with Crippen LogP contribution in [-0.2, 0) is 0 Å². The third kappa shape index (κ3) is 6.34. The van der Waals surface area contributed by atoms with Crippen molar-refractivity contribution in [3.63, 3.8) is 0 Å². The van der Waals surface area contributed by atoms with Gasteiger partial charge in [-0.05, 0) is 62.5 Å². The minimum atomic E-state index is 0.265. The maximum Gasteiger partial charge on any atom is 0.229 e. The zero-order valence-electron chi connectivity index (χ0n) is 18.9. The molecular weight excluding hydrogens is 489 g/mol. The second-order valence-corrected chi connectivity index (χ2v) is 9.13. The van der Waals surface area contributed by atoms with E-state index in [-0.39, 0.29) is 5.11 Å². The predicted molar refractivity (Wildman–Crippen MR) is 145 cm³/mol. The Hall–Kier alpha value is -2.94. The number of hydrogen-bond acceptors (Lipinski definition) is 4. The molecule has 4 rings (SSSR count). The zero-order valence-corrected chi connectivity index (χ0v) is 21.3. The number of anilines is 3. The van der Waals surface area contributed by atoms with E-state index in [0.717, 1.165) is 37.6 Å². The van der Waals surface area contributed by atoms with Gasteiger partial charge in [-0.15, -0.1) is 0 Å². The van der Waals surface area contributed by atoms with E-state index in [1.54, 1.807) is 18.2 Å². The number of aromatic nitrogens is 2. The number of para-hydroxylation sites is 1. The number of hydrogen-bond donors (Lipinski definition) is 2. The summed E-state index contributed by atoms with van der Waals surface area (Å²) in [6.45, 7) is 7.09. The number of piperazine rings is 1. The van der Waals surface area contributed by atoms with Gasteiger partial charge in [0.05, 0.1) is 10.7 Å². The Bertz CT molecular complexity index is 1170. The molecule has 0 radical (unpaired) electrons. The Morgan fingerprint density at radius 2 is 1.59 bits per heavy atom. The SMILES string of the molecule is Cc1cc(C)nc(N/C(=N/C(=S)Nc2ccc(Cl)cc2Cl)N2CCN(c3ccccc3)CC2)n1. The first-order chi connectivity index (χ1) is 16.4. The molecule has 0 spiro atoms. The lowest BCUT2D eigenvalue weighted by Gasteiger charge is -2.37. The molecular formula is C24H25Cl2N7S. The van der Waals surface area contributed by atoms with Crippen molar-refractivity contribution in [1.82, 2.24) is 14.9 Å². The van der Waals surface area contributed by atoms with Crippen LogP contribution in [0.25, 0.3) is 0 Å². The van der Waals surface area contributed by atoms with Gasteiger partial charge < -0.3 is 15.1 Å². The lowest BCUT2D eigenvalue weighted by atomic mass is 10.2. The number of aryl methyl sites for hydroxylation is 2. The lowest BCUT2D eigenvalue weighted by Crippen LogP contribution is -2.51. The maximum atomic E-state index is 6.29. The van der Waals surface area contributed by atoms with E-state index in [4.69, 9.17) is 35.4 Å². The molecule has 1 saturated heterocycles. The summed E-state index contributed by atoms with van der Waals surface area (Å²) in [7, 11) is 0. The Morgan fingerprint density at radius 1 is 0.912 bits per heavy atom. The van der Waals surface area contributed by atoms with Gasteiger partial charge in [-0.2, -0.15) is 4.99 Å². The molecule has 1 aliphatic rings. The van der Waals surface area contributed by atoms with Gasteiger partial charge in [0.15, 0.2) is 0 Å². The van der Waals surface area contributed by atoms with Crippen molar-refractivity contribution in [2.24, 2.45) is 4.99 Å². The fourth-order valence-corrected chi connectivity index (χ4v) is 4.36. The molecule has 34 heavy (non-hydrogen) atoms. The van der Waals surface area contributed by atoms with Crippen LogP contribution >= 0.6 is 35.4 Å². The maximum absolute atomic E-state index is 6.29. The highest BCUT2D eigenvalue weighted by Gasteiger charge is 2.21. The van der Waals surface area contributed by atoms with E-state index in [1.807, 2.05) is 26.0 Å². The quantitative estimate of drug-likeness (QED) is 0.276. The molecule has 0 saturated carbocycles. The van der Waals surface area contributed by atoms with Crippen molar-refractivity contribution in [3.8, 4) is 0 Å². The average molecular weight is 514 g/mol. The number of benzene rings is 2. The largest absolute Gasteiger partial charge is 0.368 e. The Morgan fingerprint density at radius 3 is 2.24 bits per heavy atom. The van der Waals surface area contributed by atoms with Gasteiger partial charge in [0.2, 0.25) is 17.0 Å². The second kappa shape index (κ2) is 11.0. The van der Waals surface area contributed by atoms with E-state index in [9.17, 15) is 0 Å². The van der Waals surface area contributed by atoms with E-state index >= 15 is 0 Å². The summed E-state index contributed by atoms with van der Waals surface area (Å²) in [5.41, 5.74) is 3.59. The third-order valence-electron chi connectivity index (χ3n) is 5.29. The summed E-state index contributed by atoms with van der Waals surface area (Å²) in [6, 6.07) is 17.5. The standard InChI is InChI=1S/C24H25Cl2N7S/c1-16-14-17(2)28-22(27-16)30-23(31-24(34)29-21-9-8-18(25)15-20(21)26)33-12-10-32(11-13-33)19-6-4-3-5-7-19/h3-9,14-15H,10-13H2,1-2H3,(H2,27,28,29,30,31,34). The zero-order chi connectivity index (χ0) is 24.1. The van der Waals surface area contributed by atoms with Crippen molar-refractivity contribution in [2.45, 2.75) is 13.8 Å². The highest BCUT2D eigenvalue weighted by Crippen LogP contribution is 2.25. The van der Waals surface area contributed by atoms with Crippen LogP contribution < -0.4 is 15.5 Å². The molecule has 2 aromatic carbocycles. The molecule has 0 bridgehead atoms. The summed E-state index contributed by atoms with van der Waals surface area (Å²) < 4.78 is 0. The number of nitrogens with one attached hydrogen (secondary N) is 2. The summed E-state index contributed by atoms with van der Waals surface area (Å²) >= 11 is 17.8. The first kappa shape index (κ1) is 24.2. The number of guanidine groups is 1. The van der Waals surface area contributed by atoms with Crippen LogP contribution in [0.3, 0.4) is 0 Å². The van der Waals surface area contributed by atoms with Crippen LogP contribution in [-0.4, -0.2) is 52.1 Å². The smallest absolute Gasteiger partial charge is 0.229 e. The van der Waals surface area contributed by atoms with Crippen LogP contribution in [0.2, 0.25) is 10.0 Å². The molecule has 176 valence electrons. The number of aliphatic imine (C=N–C) groups is 1. The Kier molecular flexibility index (Phi) is 7.82. The summed E-state index contributed by atoms with van der Waals surface area (Å²) in [4.78, 5) is 18.2. The number of thiocarbonyl (C=S) groups is 1. The van der Waals surface area contributed by atoms with Gasteiger partial charge >= 0.3 is 0 Å². The van der Waals surface area contributed by atoms with Gasteiger partial charge in [-0.1, -0.05) is 41.4 Å². The predicted octanol–water partition coefficient (Wildman–Crippen LogP) is 5.39. The first-order valence-corrected chi connectivity index (χ1v) is 12.0.